The predicted molar refractivity (Wildman–Crippen MR) is 72.0 cm³/mol. The number of alkyl halides is 2. The van der Waals surface area contributed by atoms with Gasteiger partial charge in [0.05, 0.1) is 0 Å². The maximum absolute atomic E-state index is 14.3. The summed E-state index contributed by atoms with van der Waals surface area (Å²) < 4.78 is 28.6. The summed E-state index contributed by atoms with van der Waals surface area (Å²) in [5, 5.41) is 0. The van der Waals surface area contributed by atoms with E-state index in [9.17, 15) is 8.78 Å². The van der Waals surface area contributed by atoms with Crippen molar-refractivity contribution in [3.05, 3.63) is 34.9 Å². The van der Waals surface area contributed by atoms with Crippen molar-refractivity contribution >= 4 is 0 Å². The molecule has 1 aromatic carbocycles. The highest BCUT2D eigenvalue weighted by Gasteiger charge is 2.38. The van der Waals surface area contributed by atoms with E-state index in [1.807, 2.05) is 19.9 Å². The molecule has 0 aliphatic carbocycles. The number of aryl methyl sites for hydroxylation is 1. The molecule has 1 aromatic rings. The Balaban J connectivity index is 3.18. The molecule has 0 aliphatic heterocycles. The third kappa shape index (κ3) is 3.77. The van der Waals surface area contributed by atoms with Crippen LogP contribution >= 0.6 is 0 Å². The van der Waals surface area contributed by atoms with Gasteiger partial charge in [0.1, 0.15) is 0 Å². The number of rotatable bonds is 4. The predicted octanol–water partition coefficient (Wildman–Crippen LogP) is 4.34. The molecule has 0 bridgehead atoms. The maximum Gasteiger partial charge on any atom is 0.275 e. The lowest BCUT2D eigenvalue weighted by Crippen LogP contribution is -2.38. The van der Waals surface area contributed by atoms with E-state index in [2.05, 4.69) is 0 Å². The van der Waals surface area contributed by atoms with Crippen LogP contribution in [0.5, 0.6) is 0 Å². The monoisotopic (exact) mass is 255 g/mol. The quantitative estimate of drug-likeness (QED) is 0.851. The smallest absolute Gasteiger partial charge is 0.275 e. The first-order valence-corrected chi connectivity index (χ1v) is 6.31. The minimum Gasteiger partial charge on any atom is -0.325 e. The van der Waals surface area contributed by atoms with Crippen molar-refractivity contribution in [1.29, 1.82) is 0 Å². The van der Waals surface area contributed by atoms with Crippen LogP contribution in [0.3, 0.4) is 0 Å². The van der Waals surface area contributed by atoms with E-state index in [1.165, 1.54) is 0 Å². The summed E-state index contributed by atoms with van der Waals surface area (Å²) in [6.45, 7) is 8.97. The van der Waals surface area contributed by atoms with Gasteiger partial charge in [-0.3, -0.25) is 0 Å². The van der Waals surface area contributed by atoms with Gasteiger partial charge in [-0.1, -0.05) is 26.0 Å². The molecule has 18 heavy (non-hydrogen) atoms. The van der Waals surface area contributed by atoms with Crippen LogP contribution < -0.4 is 5.73 Å². The lowest BCUT2D eigenvalue weighted by Gasteiger charge is -2.27. The van der Waals surface area contributed by atoms with Crippen molar-refractivity contribution in [2.45, 2.75) is 58.4 Å². The van der Waals surface area contributed by atoms with E-state index in [0.29, 0.717) is 5.56 Å². The van der Waals surface area contributed by atoms with Crippen LogP contribution in [0.1, 0.15) is 56.7 Å². The molecule has 1 nitrogen and oxygen atoms in total. The second-order valence-corrected chi connectivity index (χ2v) is 6.10. The normalized spacial score (nSPS) is 13.2. The zero-order valence-corrected chi connectivity index (χ0v) is 11.8. The van der Waals surface area contributed by atoms with Gasteiger partial charge < -0.3 is 5.73 Å². The molecular formula is C15H23F2N. The SMILES string of the molecule is Cc1ccc(C(C)C)cc1C(F)(F)CC(C)(C)N. The molecular weight excluding hydrogens is 232 g/mol. The van der Waals surface area contributed by atoms with Crippen LogP contribution in [-0.4, -0.2) is 5.54 Å². The molecule has 102 valence electrons. The van der Waals surface area contributed by atoms with E-state index >= 15 is 0 Å². The largest absolute Gasteiger partial charge is 0.325 e. The van der Waals surface area contributed by atoms with Crippen molar-refractivity contribution in [2.24, 2.45) is 5.73 Å². The topological polar surface area (TPSA) is 26.0 Å². The minimum atomic E-state index is -2.88. The second kappa shape index (κ2) is 4.96. The van der Waals surface area contributed by atoms with Gasteiger partial charge in [0.2, 0.25) is 0 Å². The average molecular weight is 255 g/mol. The molecule has 0 saturated heterocycles. The summed E-state index contributed by atoms with van der Waals surface area (Å²) >= 11 is 0. The van der Waals surface area contributed by atoms with Crippen molar-refractivity contribution in [1.82, 2.24) is 0 Å². The van der Waals surface area contributed by atoms with E-state index < -0.39 is 11.5 Å². The number of benzene rings is 1. The lowest BCUT2D eigenvalue weighted by molar-refractivity contribution is -0.0301. The second-order valence-electron chi connectivity index (χ2n) is 6.10. The van der Waals surface area contributed by atoms with Crippen molar-refractivity contribution < 1.29 is 8.78 Å². The van der Waals surface area contributed by atoms with Gasteiger partial charge in [-0.05, 0) is 43.9 Å². The molecule has 0 atom stereocenters. The highest BCUT2D eigenvalue weighted by Crippen LogP contribution is 2.38. The van der Waals surface area contributed by atoms with Crippen LogP contribution in [0.25, 0.3) is 0 Å². The Morgan fingerprint density at radius 1 is 1.22 bits per heavy atom. The van der Waals surface area contributed by atoms with Gasteiger partial charge >= 0.3 is 0 Å². The molecule has 0 heterocycles. The fourth-order valence-electron chi connectivity index (χ4n) is 2.06. The number of hydrogen-bond acceptors (Lipinski definition) is 1. The molecule has 0 spiro atoms. The minimum absolute atomic E-state index is 0.104. The third-order valence-corrected chi connectivity index (χ3v) is 3.00. The average Bonchev–Trinajstić information content (AvgIpc) is 2.13. The number of halogens is 2. The molecule has 0 aromatic heterocycles. The van der Waals surface area contributed by atoms with Crippen LogP contribution in [0.2, 0.25) is 0 Å². The van der Waals surface area contributed by atoms with Gasteiger partial charge in [-0.25, -0.2) is 8.78 Å². The molecule has 1 rings (SSSR count). The van der Waals surface area contributed by atoms with Crippen LogP contribution in [0.4, 0.5) is 8.78 Å². The molecule has 0 saturated carbocycles. The maximum atomic E-state index is 14.3. The zero-order chi connectivity index (χ0) is 14.1. The van der Waals surface area contributed by atoms with Gasteiger partial charge in [0.25, 0.3) is 5.92 Å². The highest BCUT2D eigenvalue weighted by molar-refractivity contribution is 5.35. The summed E-state index contributed by atoms with van der Waals surface area (Å²) in [5.74, 6) is -2.64. The van der Waals surface area contributed by atoms with Crippen molar-refractivity contribution in [3.8, 4) is 0 Å². The van der Waals surface area contributed by atoms with Crippen LogP contribution in [0.15, 0.2) is 18.2 Å². The van der Waals surface area contributed by atoms with E-state index in [1.54, 1.807) is 32.9 Å². The number of hydrogen-bond donors (Lipinski definition) is 1. The van der Waals surface area contributed by atoms with Gasteiger partial charge in [0, 0.05) is 17.5 Å². The van der Waals surface area contributed by atoms with Crippen LogP contribution in [-0.2, 0) is 5.92 Å². The third-order valence-electron chi connectivity index (χ3n) is 3.00. The van der Waals surface area contributed by atoms with Crippen molar-refractivity contribution in [2.75, 3.05) is 0 Å². The molecule has 0 unspecified atom stereocenters. The molecule has 3 heteroatoms. The summed E-state index contributed by atoms with van der Waals surface area (Å²) in [4.78, 5) is 0. The Morgan fingerprint density at radius 3 is 2.22 bits per heavy atom. The Hall–Kier alpha value is -0.960. The van der Waals surface area contributed by atoms with Crippen molar-refractivity contribution in [3.63, 3.8) is 0 Å². The first-order valence-electron chi connectivity index (χ1n) is 6.31. The Labute approximate surface area is 108 Å². The Kier molecular flexibility index (Phi) is 4.16. The Morgan fingerprint density at radius 2 is 1.78 bits per heavy atom. The standard InChI is InChI=1S/C15H23F2N/c1-10(2)12-7-6-11(3)13(8-12)15(16,17)9-14(4,5)18/h6-8,10H,9,18H2,1-5H3. The van der Waals surface area contributed by atoms with Gasteiger partial charge in [-0.2, -0.15) is 0 Å². The zero-order valence-electron chi connectivity index (χ0n) is 11.8. The summed E-state index contributed by atoms with van der Waals surface area (Å²) in [6, 6.07) is 5.29. The Bertz CT molecular complexity index is 417. The molecule has 0 aliphatic rings. The number of nitrogens with two attached hydrogens (primary N) is 1. The fourth-order valence-corrected chi connectivity index (χ4v) is 2.06. The van der Waals surface area contributed by atoms with Gasteiger partial charge in [-0.15, -0.1) is 0 Å². The molecule has 0 fully saturated rings. The summed E-state index contributed by atoms with van der Waals surface area (Å²) in [7, 11) is 0. The van der Waals surface area contributed by atoms with E-state index in [0.717, 1.165) is 5.56 Å². The first kappa shape index (κ1) is 15.1. The molecule has 0 amide bonds. The lowest BCUT2D eigenvalue weighted by atomic mass is 9.88. The fraction of sp³-hybridized carbons (Fsp3) is 0.600. The van der Waals surface area contributed by atoms with Crippen LogP contribution in [0, 0.1) is 6.92 Å². The highest BCUT2D eigenvalue weighted by atomic mass is 19.3. The molecule has 0 radical (unpaired) electrons. The summed E-state index contributed by atoms with van der Waals surface area (Å²) in [5.41, 5.74) is 6.50. The van der Waals surface area contributed by atoms with E-state index in [-0.39, 0.29) is 17.9 Å². The first-order chi connectivity index (χ1) is 8.03. The summed E-state index contributed by atoms with van der Waals surface area (Å²) in [6.07, 6.45) is -0.345. The molecule has 2 N–H and O–H groups in total. The van der Waals surface area contributed by atoms with Gasteiger partial charge in [0.15, 0.2) is 0 Å². The van der Waals surface area contributed by atoms with E-state index in [4.69, 9.17) is 5.73 Å².